The van der Waals surface area contributed by atoms with E-state index in [1.54, 1.807) is 0 Å². The maximum absolute atomic E-state index is 6.12. The number of thioether (sulfide) groups is 1. The molecule has 2 atom stereocenters. The van der Waals surface area contributed by atoms with Gasteiger partial charge in [0.05, 0.1) is 5.60 Å². The van der Waals surface area contributed by atoms with Gasteiger partial charge in [0.25, 0.3) is 0 Å². The second-order valence-corrected chi connectivity index (χ2v) is 7.47. The van der Waals surface area contributed by atoms with Gasteiger partial charge in [-0.1, -0.05) is 13.8 Å². The Morgan fingerprint density at radius 3 is 2.94 bits per heavy atom. The van der Waals surface area contributed by atoms with Gasteiger partial charge >= 0.3 is 0 Å². The molecule has 1 N–H and O–H groups in total. The Kier molecular flexibility index (Phi) is 4.43. The van der Waals surface area contributed by atoms with E-state index in [0.29, 0.717) is 5.41 Å². The summed E-state index contributed by atoms with van der Waals surface area (Å²) in [5, 5.41) is 3.29. The Labute approximate surface area is 110 Å². The molecular formula is C14H27NOS. The Hall–Kier alpha value is 0.270. The molecular weight excluding hydrogens is 230 g/mol. The van der Waals surface area contributed by atoms with Gasteiger partial charge in [0.1, 0.15) is 0 Å². The Morgan fingerprint density at radius 2 is 2.29 bits per heavy atom. The molecule has 0 radical (unpaired) electrons. The zero-order valence-corrected chi connectivity index (χ0v) is 12.4. The number of hydrogen-bond acceptors (Lipinski definition) is 3. The molecule has 100 valence electrons. The summed E-state index contributed by atoms with van der Waals surface area (Å²) in [6.45, 7) is 6.99. The molecule has 2 unspecified atom stereocenters. The van der Waals surface area contributed by atoms with Crippen molar-refractivity contribution < 1.29 is 4.74 Å². The van der Waals surface area contributed by atoms with E-state index in [2.05, 4.69) is 38.0 Å². The zero-order chi connectivity index (χ0) is 12.4. The molecule has 1 spiro atoms. The van der Waals surface area contributed by atoms with Crippen LogP contribution in [0.5, 0.6) is 0 Å². The summed E-state index contributed by atoms with van der Waals surface area (Å²) in [5.41, 5.74) is 0.692. The van der Waals surface area contributed by atoms with E-state index >= 15 is 0 Å². The molecule has 0 aliphatic carbocycles. The smallest absolute Gasteiger partial charge is 0.0783 e. The second-order valence-electron chi connectivity index (χ2n) is 6.37. The highest BCUT2D eigenvalue weighted by Crippen LogP contribution is 2.46. The molecule has 2 rings (SSSR count). The van der Waals surface area contributed by atoms with E-state index in [9.17, 15) is 0 Å². The first kappa shape index (κ1) is 13.7. The van der Waals surface area contributed by atoms with Crippen molar-refractivity contribution in [2.75, 3.05) is 31.7 Å². The highest BCUT2D eigenvalue weighted by atomic mass is 32.2. The predicted octanol–water partition coefficient (Wildman–Crippen LogP) is 2.92. The summed E-state index contributed by atoms with van der Waals surface area (Å²) >= 11 is 2.07. The van der Waals surface area contributed by atoms with Gasteiger partial charge in [-0.05, 0) is 56.4 Å². The number of hydrogen-bond donors (Lipinski definition) is 1. The molecule has 0 amide bonds. The van der Waals surface area contributed by atoms with Crippen molar-refractivity contribution in [2.45, 2.75) is 45.1 Å². The van der Waals surface area contributed by atoms with Crippen LogP contribution in [0.1, 0.15) is 39.5 Å². The lowest BCUT2D eigenvalue weighted by Gasteiger charge is -2.44. The quantitative estimate of drug-likeness (QED) is 0.837. The monoisotopic (exact) mass is 257 g/mol. The van der Waals surface area contributed by atoms with Gasteiger partial charge in [0.2, 0.25) is 0 Å². The summed E-state index contributed by atoms with van der Waals surface area (Å²) in [5.74, 6) is 3.36. The van der Waals surface area contributed by atoms with Crippen molar-refractivity contribution in [1.29, 1.82) is 0 Å². The average Bonchev–Trinajstić information content (AvgIpc) is 2.75. The minimum Gasteiger partial charge on any atom is -0.374 e. The molecule has 0 aromatic carbocycles. The molecule has 2 aliphatic heterocycles. The first-order chi connectivity index (χ1) is 8.08. The number of rotatable bonds is 4. The topological polar surface area (TPSA) is 21.3 Å². The van der Waals surface area contributed by atoms with Crippen LogP contribution in [0.4, 0.5) is 0 Å². The molecule has 0 aromatic rings. The lowest BCUT2D eigenvalue weighted by atomic mass is 9.68. The van der Waals surface area contributed by atoms with Gasteiger partial charge in [-0.25, -0.2) is 0 Å². The first-order valence-electron chi connectivity index (χ1n) is 6.94. The van der Waals surface area contributed by atoms with Crippen LogP contribution in [0.25, 0.3) is 0 Å². The van der Waals surface area contributed by atoms with Crippen molar-refractivity contribution in [1.82, 2.24) is 5.32 Å². The number of nitrogens with one attached hydrogen (secondary N) is 1. The molecule has 17 heavy (non-hydrogen) atoms. The van der Waals surface area contributed by atoms with Crippen LogP contribution in [-0.2, 0) is 4.74 Å². The summed E-state index contributed by atoms with van der Waals surface area (Å²) in [6.07, 6.45) is 5.09. The van der Waals surface area contributed by atoms with Crippen molar-refractivity contribution in [2.24, 2.45) is 11.3 Å². The van der Waals surface area contributed by atoms with Gasteiger partial charge in [-0.3, -0.25) is 0 Å². The number of ether oxygens (including phenoxy) is 1. The van der Waals surface area contributed by atoms with Crippen LogP contribution in [0.15, 0.2) is 0 Å². The van der Waals surface area contributed by atoms with E-state index in [1.807, 2.05) is 0 Å². The molecule has 0 saturated carbocycles. The van der Waals surface area contributed by atoms with Crippen LogP contribution in [-0.4, -0.2) is 37.3 Å². The standard InChI is InChI=1S/C14H27NOS/c1-13(2,5-7-15-3)12-4-8-16-14(10-12)6-9-17-11-14/h12,15H,4-11H2,1-3H3. The normalized spacial score (nSPS) is 34.4. The maximum atomic E-state index is 6.12. The first-order valence-corrected chi connectivity index (χ1v) is 8.10. The minimum atomic E-state index is 0.241. The molecule has 2 aliphatic rings. The SMILES string of the molecule is CNCCC(C)(C)C1CCOC2(CCSC2)C1. The van der Waals surface area contributed by atoms with Gasteiger partial charge < -0.3 is 10.1 Å². The van der Waals surface area contributed by atoms with Crippen LogP contribution >= 0.6 is 11.8 Å². The third-order valence-electron chi connectivity index (χ3n) is 4.68. The van der Waals surface area contributed by atoms with E-state index in [4.69, 9.17) is 4.74 Å². The van der Waals surface area contributed by atoms with Crippen LogP contribution < -0.4 is 5.32 Å². The molecule has 0 bridgehead atoms. The van der Waals surface area contributed by atoms with Crippen molar-refractivity contribution in [3.05, 3.63) is 0 Å². The summed E-state index contributed by atoms with van der Waals surface area (Å²) < 4.78 is 6.12. The predicted molar refractivity (Wildman–Crippen MR) is 75.7 cm³/mol. The molecule has 3 heteroatoms. The van der Waals surface area contributed by atoms with Crippen LogP contribution in [0.2, 0.25) is 0 Å². The molecule has 0 aromatic heterocycles. The maximum Gasteiger partial charge on any atom is 0.0783 e. The van der Waals surface area contributed by atoms with Crippen LogP contribution in [0.3, 0.4) is 0 Å². The van der Waals surface area contributed by atoms with E-state index in [-0.39, 0.29) is 5.60 Å². The molecule has 2 heterocycles. The minimum absolute atomic E-state index is 0.241. The molecule has 2 nitrogen and oxygen atoms in total. The Bertz CT molecular complexity index is 249. The second kappa shape index (κ2) is 5.50. The van der Waals surface area contributed by atoms with Gasteiger partial charge in [-0.15, -0.1) is 0 Å². The summed E-state index contributed by atoms with van der Waals surface area (Å²) in [4.78, 5) is 0. The average molecular weight is 257 g/mol. The highest BCUT2D eigenvalue weighted by molar-refractivity contribution is 7.99. The van der Waals surface area contributed by atoms with Crippen molar-refractivity contribution >= 4 is 11.8 Å². The van der Waals surface area contributed by atoms with E-state index < -0.39 is 0 Å². The fraction of sp³-hybridized carbons (Fsp3) is 1.00. The van der Waals surface area contributed by atoms with Gasteiger partial charge in [0, 0.05) is 12.4 Å². The highest BCUT2D eigenvalue weighted by Gasteiger charge is 2.44. The zero-order valence-electron chi connectivity index (χ0n) is 11.6. The van der Waals surface area contributed by atoms with Crippen molar-refractivity contribution in [3.8, 4) is 0 Å². The van der Waals surface area contributed by atoms with Crippen LogP contribution in [0, 0.1) is 11.3 Å². The largest absolute Gasteiger partial charge is 0.374 e. The third kappa shape index (κ3) is 3.18. The van der Waals surface area contributed by atoms with E-state index in [0.717, 1.165) is 19.1 Å². The fourth-order valence-corrected chi connectivity index (χ4v) is 4.59. The van der Waals surface area contributed by atoms with Gasteiger partial charge in [0.15, 0.2) is 0 Å². The van der Waals surface area contributed by atoms with E-state index in [1.165, 1.54) is 37.2 Å². The molecule has 2 fully saturated rings. The fourth-order valence-electron chi connectivity index (χ4n) is 3.21. The van der Waals surface area contributed by atoms with Gasteiger partial charge in [-0.2, -0.15) is 11.8 Å². The van der Waals surface area contributed by atoms with Crippen molar-refractivity contribution in [3.63, 3.8) is 0 Å². The third-order valence-corrected chi connectivity index (χ3v) is 5.91. The summed E-state index contributed by atoms with van der Waals surface area (Å²) in [7, 11) is 2.05. The lowest BCUT2D eigenvalue weighted by Crippen LogP contribution is -2.44. The Balaban J connectivity index is 1.96. The Morgan fingerprint density at radius 1 is 1.47 bits per heavy atom. The summed E-state index contributed by atoms with van der Waals surface area (Å²) in [6, 6.07) is 0. The molecule has 2 saturated heterocycles. The lowest BCUT2D eigenvalue weighted by molar-refractivity contribution is -0.101.